The monoisotopic (exact) mass is 348 g/mol. The van der Waals surface area contributed by atoms with E-state index in [1.807, 2.05) is 0 Å². The highest BCUT2D eigenvalue weighted by atomic mass is 35.5. The maximum Gasteiger partial charge on any atom is 0.455 e. The molecule has 0 saturated heterocycles. The molecule has 1 aromatic carbocycles. The van der Waals surface area contributed by atoms with E-state index in [1.165, 1.54) is 16.8 Å². The number of hydrogen-bond acceptors (Lipinski definition) is 2. The van der Waals surface area contributed by atoms with E-state index in [9.17, 15) is 22.4 Å². The van der Waals surface area contributed by atoms with Crippen LogP contribution in [0.25, 0.3) is 11.3 Å². The summed E-state index contributed by atoms with van der Waals surface area (Å²) in [5.74, 6) is -2.95. The summed E-state index contributed by atoms with van der Waals surface area (Å²) in [6.45, 7) is 5.07. The van der Waals surface area contributed by atoms with Crippen molar-refractivity contribution < 1.29 is 22.4 Å². The van der Waals surface area contributed by atoms with Crippen LogP contribution in [0.2, 0.25) is 5.02 Å². The lowest BCUT2D eigenvalue weighted by atomic mass is 10.0. The molecule has 1 heterocycles. The van der Waals surface area contributed by atoms with Gasteiger partial charge in [-0.1, -0.05) is 17.7 Å². The molecule has 0 amide bonds. The van der Waals surface area contributed by atoms with Gasteiger partial charge >= 0.3 is 6.18 Å². The molecular weight excluding hydrogens is 336 g/mol. The minimum Gasteiger partial charge on any atom is -0.284 e. The van der Waals surface area contributed by atoms with Gasteiger partial charge in [-0.3, -0.25) is 9.48 Å². The average molecular weight is 349 g/mol. The predicted octanol–water partition coefficient (Wildman–Crippen LogP) is 4.84. The van der Waals surface area contributed by atoms with Crippen LogP contribution in [0.3, 0.4) is 0 Å². The fourth-order valence-corrected chi connectivity index (χ4v) is 2.20. The fraction of sp³-hybridized carbons (Fsp3) is 0.333. The zero-order valence-electron chi connectivity index (χ0n) is 12.5. The quantitative estimate of drug-likeness (QED) is 0.575. The van der Waals surface area contributed by atoms with Crippen LogP contribution in [-0.2, 0) is 5.54 Å². The van der Waals surface area contributed by atoms with Gasteiger partial charge in [0.2, 0.25) is 0 Å². The highest BCUT2D eigenvalue weighted by Crippen LogP contribution is 2.35. The third kappa shape index (κ3) is 3.39. The first kappa shape index (κ1) is 17.5. The van der Waals surface area contributed by atoms with Gasteiger partial charge in [0.15, 0.2) is 0 Å². The van der Waals surface area contributed by atoms with Crippen molar-refractivity contribution in [2.75, 3.05) is 0 Å². The van der Waals surface area contributed by atoms with Gasteiger partial charge in [-0.15, -0.1) is 0 Å². The summed E-state index contributed by atoms with van der Waals surface area (Å²) in [6.07, 6.45) is -4.13. The van der Waals surface area contributed by atoms with Gasteiger partial charge in [-0.2, -0.15) is 18.3 Å². The molecule has 0 radical (unpaired) electrons. The third-order valence-electron chi connectivity index (χ3n) is 3.10. The number of ketones is 1. The summed E-state index contributed by atoms with van der Waals surface area (Å²) in [5.41, 5.74) is -2.19. The molecule has 0 aliphatic rings. The number of aromatic nitrogens is 2. The Balaban J connectivity index is 2.77. The van der Waals surface area contributed by atoms with E-state index in [0.717, 1.165) is 12.3 Å². The molecule has 0 spiro atoms. The smallest absolute Gasteiger partial charge is 0.284 e. The molecule has 0 N–H and O–H groups in total. The number of halogens is 5. The Bertz CT molecular complexity index is 740. The first-order valence-corrected chi connectivity index (χ1v) is 6.97. The fourth-order valence-electron chi connectivity index (χ4n) is 1.95. The lowest BCUT2D eigenvalue weighted by molar-refractivity contribution is -0.0885. The van der Waals surface area contributed by atoms with E-state index in [-0.39, 0.29) is 10.6 Å². The Kier molecular flexibility index (Phi) is 4.28. The number of alkyl halides is 3. The zero-order valence-corrected chi connectivity index (χ0v) is 13.3. The molecule has 0 saturated carbocycles. The van der Waals surface area contributed by atoms with E-state index >= 15 is 0 Å². The van der Waals surface area contributed by atoms with Gasteiger partial charge in [-0.05, 0) is 32.9 Å². The van der Waals surface area contributed by atoms with E-state index in [0.29, 0.717) is 0 Å². The molecule has 0 atom stereocenters. The minimum absolute atomic E-state index is 0.125. The number of carbonyl (C=O) groups excluding carboxylic acids is 1. The number of hydrogen-bond donors (Lipinski definition) is 0. The average Bonchev–Trinajstić information content (AvgIpc) is 2.81. The third-order valence-corrected chi connectivity index (χ3v) is 3.42. The van der Waals surface area contributed by atoms with E-state index in [2.05, 4.69) is 5.10 Å². The number of rotatable bonds is 2. The van der Waals surface area contributed by atoms with Crippen molar-refractivity contribution in [1.29, 1.82) is 0 Å². The molecule has 8 heteroatoms. The Hall–Kier alpha value is -1.89. The number of benzene rings is 1. The van der Waals surface area contributed by atoms with Crippen LogP contribution in [0.15, 0.2) is 24.4 Å². The molecule has 3 nitrogen and oxygen atoms in total. The lowest BCUT2D eigenvalue weighted by Gasteiger charge is -2.18. The number of Topliss-reactive ketones (excluding diaryl/α,β-unsaturated/α-hetero) is 1. The first-order chi connectivity index (χ1) is 10.4. The largest absolute Gasteiger partial charge is 0.455 e. The molecule has 1 aromatic heterocycles. The van der Waals surface area contributed by atoms with Gasteiger partial charge < -0.3 is 0 Å². The summed E-state index contributed by atoms with van der Waals surface area (Å²) in [4.78, 5) is 11.7. The molecule has 0 aliphatic heterocycles. The normalized spacial score (nSPS) is 12.5. The molecule has 124 valence electrons. The van der Waals surface area contributed by atoms with Gasteiger partial charge in [0.25, 0.3) is 5.78 Å². The molecular formula is C15H13ClF4N2O. The topological polar surface area (TPSA) is 34.9 Å². The molecule has 0 unspecified atom stereocenters. The Labute approximate surface area is 134 Å². The van der Waals surface area contributed by atoms with E-state index in [4.69, 9.17) is 11.6 Å². The van der Waals surface area contributed by atoms with E-state index < -0.39 is 34.6 Å². The van der Waals surface area contributed by atoms with Crippen LogP contribution in [0.5, 0.6) is 0 Å². The predicted molar refractivity (Wildman–Crippen MR) is 78.0 cm³/mol. The molecule has 0 fully saturated rings. The van der Waals surface area contributed by atoms with Gasteiger partial charge in [0.1, 0.15) is 11.5 Å². The number of carbonyl (C=O) groups is 1. The molecule has 0 bridgehead atoms. The maximum atomic E-state index is 14.1. The van der Waals surface area contributed by atoms with E-state index in [1.54, 1.807) is 20.8 Å². The van der Waals surface area contributed by atoms with Crippen LogP contribution in [0.1, 0.15) is 31.1 Å². The summed E-state index contributed by atoms with van der Waals surface area (Å²) in [5, 5.41) is 3.85. The van der Waals surface area contributed by atoms with Gasteiger partial charge in [0, 0.05) is 6.20 Å². The van der Waals surface area contributed by atoms with Crippen molar-refractivity contribution in [3.8, 4) is 11.3 Å². The van der Waals surface area contributed by atoms with Crippen molar-refractivity contribution in [1.82, 2.24) is 9.78 Å². The Morgan fingerprint density at radius 2 is 1.83 bits per heavy atom. The first-order valence-electron chi connectivity index (χ1n) is 6.59. The van der Waals surface area contributed by atoms with Crippen molar-refractivity contribution in [3.05, 3.63) is 40.8 Å². The molecule has 0 aliphatic carbocycles. The summed E-state index contributed by atoms with van der Waals surface area (Å²) in [6, 6.07) is 3.67. The molecule has 2 rings (SSSR count). The summed E-state index contributed by atoms with van der Waals surface area (Å²) >= 11 is 5.90. The molecule has 23 heavy (non-hydrogen) atoms. The van der Waals surface area contributed by atoms with Gasteiger partial charge in [0.05, 0.1) is 21.7 Å². The second-order valence-corrected chi connectivity index (χ2v) is 6.34. The van der Waals surface area contributed by atoms with Crippen LogP contribution < -0.4 is 0 Å². The molecule has 2 aromatic rings. The van der Waals surface area contributed by atoms with Crippen LogP contribution >= 0.6 is 11.6 Å². The van der Waals surface area contributed by atoms with Crippen molar-refractivity contribution in [2.45, 2.75) is 32.5 Å². The minimum atomic E-state index is -5.10. The Morgan fingerprint density at radius 3 is 2.30 bits per heavy atom. The van der Waals surface area contributed by atoms with Crippen LogP contribution in [0.4, 0.5) is 17.6 Å². The van der Waals surface area contributed by atoms with Crippen molar-refractivity contribution in [3.63, 3.8) is 0 Å². The van der Waals surface area contributed by atoms with Gasteiger partial charge in [-0.25, -0.2) is 4.39 Å². The van der Waals surface area contributed by atoms with Crippen molar-refractivity contribution >= 4 is 17.4 Å². The standard InChI is InChI=1S/C15H13ClF4N2O/c1-14(2,3)22-7-8(13(23)15(18,19)20)12(21-22)11-9(16)5-4-6-10(11)17/h4-7H,1-3H3. The highest BCUT2D eigenvalue weighted by molar-refractivity contribution is 6.33. The van der Waals surface area contributed by atoms with Crippen molar-refractivity contribution in [2.24, 2.45) is 0 Å². The highest BCUT2D eigenvalue weighted by Gasteiger charge is 2.42. The van der Waals surface area contributed by atoms with Crippen LogP contribution in [0, 0.1) is 5.82 Å². The second kappa shape index (κ2) is 5.63. The maximum absolute atomic E-state index is 14.1. The van der Waals surface area contributed by atoms with Crippen LogP contribution in [-0.4, -0.2) is 21.7 Å². The Morgan fingerprint density at radius 1 is 1.22 bits per heavy atom. The zero-order chi connectivity index (χ0) is 17.6. The summed E-state index contributed by atoms with van der Waals surface area (Å²) in [7, 11) is 0. The summed E-state index contributed by atoms with van der Waals surface area (Å²) < 4.78 is 53.7. The second-order valence-electron chi connectivity index (χ2n) is 5.93. The number of nitrogens with zero attached hydrogens (tertiary/aromatic N) is 2. The SMILES string of the molecule is CC(C)(C)n1cc(C(=O)C(F)(F)F)c(-c2c(F)cccc2Cl)n1. The lowest BCUT2D eigenvalue weighted by Crippen LogP contribution is -2.24.